The quantitative estimate of drug-likeness (QED) is 0.437. The zero-order valence-corrected chi connectivity index (χ0v) is 12.0. The summed E-state index contributed by atoms with van der Waals surface area (Å²) < 4.78 is 5.40. The van der Waals surface area contributed by atoms with E-state index in [4.69, 9.17) is 10.3 Å². The van der Waals surface area contributed by atoms with E-state index in [1.807, 2.05) is 12.3 Å². The van der Waals surface area contributed by atoms with Crippen molar-refractivity contribution >= 4 is 17.7 Å². The smallest absolute Gasteiger partial charge is 0.301 e. The molecule has 0 aromatic carbocycles. The van der Waals surface area contributed by atoms with Crippen LogP contribution in [-0.2, 0) is 16.1 Å². The van der Waals surface area contributed by atoms with E-state index >= 15 is 0 Å². The molecule has 3 N–H and O–H groups in total. The first kappa shape index (κ1) is 15.0. The van der Waals surface area contributed by atoms with Crippen LogP contribution < -0.4 is 11.3 Å². The fraction of sp³-hybridized carbons (Fsp3) is 0.462. The van der Waals surface area contributed by atoms with Crippen molar-refractivity contribution in [3.63, 3.8) is 0 Å². The Morgan fingerprint density at radius 2 is 1.95 bits per heavy atom. The number of nitrogens with zero attached hydrogens (tertiary/aromatic N) is 2. The minimum atomic E-state index is -0.531. The highest BCUT2D eigenvalue weighted by molar-refractivity contribution is 5.93. The van der Waals surface area contributed by atoms with Crippen LogP contribution in [0.2, 0.25) is 0 Å². The SMILES string of the molecule is CCN1CC(=O)N(Cc2cc(C)c(C(=O)NN)o2)CC1=O. The Kier molecular flexibility index (Phi) is 4.27. The summed E-state index contributed by atoms with van der Waals surface area (Å²) in [4.78, 5) is 38.2. The maximum Gasteiger partial charge on any atom is 0.301 e. The van der Waals surface area contributed by atoms with Crippen molar-refractivity contribution < 1.29 is 18.8 Å². The molecule has 8 nitrogen and oxygen atoms in total. The number of carbonyl (C=O) groups is 3. The van der Waals surface area contributed by atoms with Crippen molar-refractivity contribution in [1.82, 2.24) is 15.2 Å². The fourth-order valence-electron chi connectivity index (χ4n) is 2.24. The molecule has 1 fully saturated rings. The van der Waals surface area contributed by atoms with Gasteiger partial charge >= 0.3 is 5.91 Å². The highest BCUT2D eigenvalue weighted by Crippen LogP contribution is 2.17. The Morgan fingerprint density at radius 3 is 2.57 bits per heavy atom. The van der Waals surface area contributed by atoms with Crippen LogP contribution in [0.15, 0.2) is 10.5 Å². The number of nitrogen functional groups attached to an aromatic ring is 1. The molecule has 1 aliphatic rings. The standard InChI is InChI=1S/C13H18N4O4/c1-3-16-6-11(19)17(7-10(16)18)5-9-4-8(2)12(21-9)13(20)15-14/h4H,3,5-7,14H2,1-2H3,(H,15,20). The molecule has 0 saturated carbocycles. The van der Waals surface area contributed by atoms with Gasteiger partial charge in [0.05, 0.1) is 13.1 Å². The highest BCUT2D eigenvalue weighted by atomic mass is 16.4. The Labute approximate surface area is 121 Å². The number of nitrogens with one attached hydrogen (secondary N) is 1. The van der Waals surface area contributed by atoms with Gasteiger partial charge in [-0.1, -0.05) is 0 Å². The minimum Gasteiger partial charge on any atom is -0.454 e. The number of rotatable bonds is 4. The molecule has 1 aromatic rings. The number of carbonyl (C=O) groups excluding carboxylic acids is 3. The predicted octanol–water partition coefficient (Wildman–Crippen LogP) is -0.618. The molecule has 2 rings (SSSR count). The van der Waals surface area contributed by atoms with Crippen molar-refractivity contribution in [3.05, 3.63) is 23.2 Å². The summed E-state index contributed by atoms with van der Waals surface area (Å²) >= 11 is 0. The first-order valence-corrected chi connectivity index (χ1v) is 6.62. The third kappa shape index (κ3) is 3.05. The molecule has 1 aromatic heterocycles. The molecule has 0 spiro atoms. The van der Waals surface area contributed by atoms with Crippen molar-refractivity contribution in [1.29, 1.82) is 0 Å². The lowest BCUT2D eigenvalue weighted by Crippen LogP contribution is -2.53. The van der Waals surface area contributed by atoms with Crippen LogP contribution >= 0.6 is 0 Å². The average molecular weight is 294 g/mol. The Hall–Kier alpha value is -2.35. The molecule has 8 heteroatoms. The van der Waals surface area contributed by atoms with Gasteiger partial charge in [0.15, 0.2) is 5.76 Å². The molecule has 114 valence electrons. The Morgan fingerprint density at radius 1 is 1.33 bits per heavy atom. The maximum absolute atomic E-state index is 12.0. The number of amides is 3. The summed E-state index contributed by atoms with van der Waals surface area (Å²) in [7, 11) is 0. The highest BCUT2D eigenvalue weighted by Gasteiger charge is 2.29. The summed E-state index contributed by atoms with van der Waals surface area (Å²) in [5.41, 5.74) is 2.62. The second-order valence-electron chi connectivity index (χ2n) is 4.86. The molecule has 0 aliphatic carbocycles. The molecule has 0 unspecified atom stereocenters. The molecular formula is C13H18N4O4. The predicted molar refractivity (Wildman–Crippen MR) is 72.8 cm³/mol. The van der Waals surface area contributed by atoms with Crippen LogP contribution in [0.1, 0.15) is 28.8 Å². The van der Waals surface area contributed by atoms with Gasteiger partial charge in [-0.25, -0.2) is 5.84 Å². The van der Waals surface area contributed by atoms with Crippen LogP contribution in [0.4, 0.5) is 0 Å². The van der Waals surface area contributed by atoms with E-state index in [-0.39, 0.29) is 37.2 Å². The summed E-state index contributed by atoms with van der Waals surface area (Å²) in [5, 5.41) is 0. The van der Waals surface area contributed by atoms with Crippen LogP contribution in [0.25, 0.3) is 0 Å². The topological polar surface area (TPSA) is 109 Å². The number of hydrazine groups is 1. The summed E-state index contributed by atoms with van der Waals surface area (Å²) in [6.45, 7) is 4.30. The lowest BCUT2D eigenvalue weighted by Gasteiger charge is -2.32. The number of aryl methyl sites for hydroxylation is 1. The van der Waals surface area contributed by atoms with Crippen molar-refractivity contribution in [2.45, 2.75) is 20.4 Å². The second kappa shape index (κ2) is 5.96. The normalized spacial score (nSPS) is 15.6. The molecule has 1 aliphatic heterocycles. The average Bonchev–Trinajstić information content (AvgIpc) is 2.82. The number of likely N-dealkylation sites (N-methyl/N-ethyl adjacent to an activating group) is 1. The van der Waals surface area contributed by atoms with Crippen LogP contribution in [-0.4, -0.2) is 47.2 Å². The van der Waals surface area contributed by atoms with E-state index in [1.165, 1.54) is 9.80 Å². The van der Waals surface area contributed by atoms with Crippen LogP contribution in [0, 0.1) is 6.92 Å². The molecule has 0 atom stereocenters. The molecule has 3 amide bonds. The molecule has 21 heavy (non-hydrogen) atoms. The first-order valence-electron chi connectivity index (χ1n) is 6.62. The molecule has 0 radical (unpaired) electrons. The molecule has 0 bridgehead atoms. The lowest BCUT2D eigenvalue weighted by molar-refractivity contribution is -0.150. The van der Waals surface area contributed by atoms with E-state index in [0.29, 0.717) is 17.9 Å². The molecule has 2 heterocycles. The van der Waals surface area contributed by atoms with E-state index < -0.39 is 5.91 Å². The number of hydrogen-bond acceptors (Lipinski definition) is 5. The van der Waals surface area contributed by atoms with E-state index in [2.05, 4.69) is 0 Å². The van der Waals surface area contributed by atoms with Gasteiger partial charge in [0.1, 0.15) is 12.3 Å². The van der Waals surface area contributed by atoms with Crippen molar-refractivity contribution in [2.24, 2.45) is 5.84 Å². The molecular weight excluding hydrogens is 276 g/mol. The van der Waals surface area contributed by atoms with Gasteiger partial charge in [-0.3, -0.25) is 19.8 Å². The van der Waals surface area contributed by atoms with Crippen molar-refractivity contribution in [3.8, 4) is 0 Å². The minimum absolute atomic E-state index is 0.0187. The summed E-state index contributed by atoms with van der Waals surface area (Å²) in [6.07, 6.45) is 0. The van der Waals surface area contributed by atoms with Gasteiger partial charge in [-0.05, 0) is 19.9 Å². The number of furan rings is 1. The largest absolute Gasteiger partial charge is 0.454 e. The van der Waals surface area contributed by atoms with Gasteiger partial charge in [0.25, 0.3) is 0 Å². The van der Waals surface area contributed by atoms with Gasteiger partial charge in [-0.15, -0.1) is 0 Å². The summed E-state index contributed by atoms with van der Waals surface area (Å²) in [5.74, 6) is 4.84. The van der Waals surface area contributed by atoms with Gasteiger partial charge < -0.3 is 14.2 Å². The monoisotopic (exact) mass is 294 g/mol. The third-order valence-electron chi connectivity index (χ3n) is 3.39. The Balaban J connectivity index is 2.10. The summed E-state index contributed by atoms with van der Waals surface area (Å²) in [6, 6.07) is 1.66. The van der Waals surface area contributed by atoms with Gasteiger partial charge in [0, 0.05) is 12.1 Å². The lowest BCUT2D eigenvalue weighted by atomic mass is 10.2. The van der Waals surface area contributed by atoms with Crippen molar-refractivity contribution in [2.75, 3.05) is 19.6 Å². The van der Waals surface area contributed by atoms with E-state index in [9.17, 15) is 14.4 Å². The van der Waals surface area contributed by atoms with Gasteiger partial charge in [0.2, 0.25) is 11.8 Å². The maximum atomic E-state index is 12.0. The van der Waals surface area contributed by atoms with Gasteiger partial charge in [-0.2, -0.15) is 0 Å². The number of nitrogens with two attached hydrogens (primary N) is 1. The zero-order valence-electron chi connectivity index (χ0n) is 12.0. The second-order valence-corrected chi connectivity index (χ2v) is 4.86. The van der Waals surface area contributed by atoms with E-state index in [0.717, 1.165) is 0 Å². The van der Waals surface area contributed by atoms with Crippen LogP contribution in [0.5, 0.6) is 0 Å². The number of piperazine rings is 1. The fourth-order valence-corrected chi connectivity index (χ4v) is 2.24. The zero-order chi connectivity index (χ0) is 15.6. The van der Waals surface area contributed by atoms with Crippen LogP contribution in [0.3, 0.4) is 0 Å². The first-order chi connectivity index (χ1) is 9.96. The Bertz CT molecular complexity index is 581. The van der Waals surface area contributed by atoms with E-state index in [1.54, 1.807) is 13.0 Å². The number of hydrogen-bond donors (Lipinski definition) is 2. The molecule has 1 saturated heterocycles. The third-order valence-corrected chi connectivity index (χ3v) is 3.39.